The Balaban J connectivity index is 2.13. The minimum absolute atomic E-state index is 0.276. The number of carbonyl (C=O) groups is 1. The third kappa shape index (κ3) is 3.92. The van der Waals surface area contributed by atoms with Crippen LogP contribution in [0.2, 0.25) is 0 Å². The molecule has 1 N–H and O–H groups in total. The van der Waals surface area contributed by atoms with Gasteiger partial charge in [-0.15, -0.1) is 0 Å². The second kappa shape index (κ2) is 6.70. The fourth-order valence-electron chi connectivity index (χ4n) is 1.90. The van der Waals surface area contributed by atoms with Gasteiger partial charge in [0.05, 0.1) is 17.5 Å². The molecule has 0 amide bonds. The number of carboxylic acids is 1. The number of benzene rings is 2. The summed E-state index contributed by atoms with van der Waals surface area (Å²) in [5, 5.41) is 15.2. The Morgan fingerprint density at radius 2 is 1.76 bits per heavy atom. The van der Waals surface area contributed by atoms with E-state index < -0.39 is 5.97 Å². The SMILES string of the molecule is CCN(/N=C/c1ccc(C(=O)O)cc1)c1ccc(C)cc1. The van der Waals surface area contributed by atoms with E-state index in [1.165, 1.54) is 5.56 Å². The van der Waals surface area contributed by atoms with Gasteiger partial charge in [-0.3, -0.25) is 5.01 Å². The summed E-state index contributed by atoms with van der Waals surface area (Å²) in [6.07, 6.45) is 1.73. The van der Waals surface area contributed by atoms with Crippen molar-refractivity contribution in [2.24, 2.45) is 5.10 Å². The Morgan fingerprint density at radius 1 is 1.14 bits per heavy atom. The van der Waals surface area contributed by atoms with E-state index in [9.17, 15) is 4.79 Å². The van der Waals surface area contributed by atoms with Gasteiger partial charge in [-0.25, -0.2) is 4.79 Å². The predicted octanol–water partition coefficient (Wildman–Crippen LogP) is 3.55. The van der Waals surface area contributed by atoms with Crippen LogP contribution in [-0.2, 0) is 0 Å². The monoisotopic (exact) mass is 282 g/mol. The molecule has 0 heterocycles. The van der Waals surface area contributed by atoms with Crippen molar-refractivity contribution in [3.63, 3.8) is 0 Å². The summed E-state index contributed by atoms with van der Waals surface area (Å²) < 4.78 is 0. The lowest BCUT2D eigenvalue weighted by Crippen LogP contribution is -2.15. The van der Waals surface area contributed by atoms with Crippen molar-refractivity contribution in [1.29, 1.82) is 0 Å². The number of carboxylic acid groups (broad SMARTS) is 1. The summed E-state index contributed by atoms with van der Waals surface area (Å²) in [4.78, 5) is 10.8. The second-order valence-corrected chi connectivity index (χ2v) is 4.72. The molecule has 0 spiro atoms. The summed E-state index contributed by atoms with van der Waals surface area (Å²) in [6.45, 7) is 4.84. The van der Waals surface area contributed by atoms with Gasteiger partial charge in [-0.2, -0.15) is 5.10 Å². The van der Waals surface area contributed by atoms with E-state index in [-0.39, 0.29) is 5.56 Å². The first-order chi connectivity index (χ1) is 10.1. The maximum Gasteiger partial charge on any atom is 0.335 e. The van der Waals surface area contributed by atoms with Gasteiger partial charge < -0.3 is 5.11 Å². The number of aryl methyl sites for hydroxylation is 1. The van der Waals surface area contributed by atoms with Gasteiger partial charge in [0.25, 0.3) is 0 Å². The van der Waals surface area contributed by atoms with E-state index in [1.54, 1.807) is 30.5 Å². The van der Waals surface area contributed by atoms with E-state index in [4.69, 9.17) is 5.11 Å². The number of aromatic carboxylic acids is 1. The quantitative estimate of drug-likeness (QED) is 0.674. The molecule has 108 valence electrons. The van der Waals surface area contributed by atoms with E-state index in [0.29, 0.717) is 0 Å². The first-order valence-electron chi connectivity index (χ1n) is 6.81. The Hall–Kier alpha value is -2.62. The molecular formula is C17H18N2O2. The zero-order chi connectivity index (χ0) is 15.2. The summed E-state index contributed by atoms with van der Waals surface area (Å²) in [5.41, 5.74) is 3.38. The molecular weight excluding hydrogens is 264 g/mol. The molecule has 0 saturated carbocycles. The molecule has 0 saturated heterocycles. The number of hydrogen-bond donors (Lipinski definition) is 1. The van der Waals surface area contributed by atoms with Crippen molar-refractivity contribution < 1.29 is 9.90 Å². The number of rotatable bonds is 5. The summed E-state index contributed by atoms with van der Waals surface area (Å²) in [5.74, 6) is -0.923. The van der Waals surface area contributed by atoms with Gasteiger partial charge in [0, 0.05) is 6.54 Å². The molecule has 0 aromatic heterocycles. The van der Waals surface area contributed by atoms with Crippen molar-refractivity contribution in [3.8, 4) is 0 Å². The molecule has 0 aliphatic heterocycles. The first kappa shape index (κ1) is 14.8. The molecule has 2 aromatic carbocycles. The van der Waals surface area contributed by atoms with Crippen LogP contribution < -0.4 is 5.01 Å². The van der Waals surface area contributed by atoms with Crippen LogP contribution in [0, 0.1) is 6.92 Å². The van der Waals surface area contributed by atoms with Gasteiger partial charge in [-0.05, 0) is 43.7 Å². The van der Waals surface area contributed by atoms with Crippen LogP contribution in [0.4, 0.5) is 5.69 Å². The Kier molecular flexibility index (Phi) is 4.72. The van der Waals surface area contributed by atoms with Gasteiger partial charge in [0.1, 0.15) is 0 Å². The smallest absolute Gasteiger partial charge is 0.335 e. The van der Waals surface area contributed by atoms with Gasteiger partial charge >= 0.3 is 5.97 Å². The van der Waals surface area contributed by atoms with Crippen molar-refractivity contribution in [2.75, 3.05) is 11.6 Å². The summed E-state index contributed by atoms with van der Waals surface area (Å²) in [7, 11) is 0. The highest BCUT2D eigenvalue weighted by Gasteiger charge is 2.02. The normalized spacial score (nSPS) is 10.8. The van der Waals surface area contributed by atoms with Crippen LogP contribution in [0.5, 0.6) is 0 Å². The van der Waals surface area contributed by atoms with Crippen LogP contribution in [-0.4, -0.2) is 23.8 Å². The Labute approximate surface area is 124 Å². The fourth-order valence-corrected chi connectivity index (χ4v) is 1.90. The fraction of sp³-hybridized carbons (Fsp3) is 0.176. The molecule has 4 heteroatoms. The lowest BCUT2D eigenvalue weighted by molar-refractivity contribution is 0.0697. The molecule has 2 aromatic rings. The largest absolute Gasteiger partial charge is 0.478 e. The van der Waals surface area contributed by atoms with E-state index in [2.05, 4.69) is 17.2 Å². The maximum atomic E-state index is 10.8. The maximum absolute atomic E-state index is 10.8. The molecule has 0 unspecified atom stereocenters. The Bertz CT molecular complexity index is 631. The highest BCUT2D eigenvalue weighted by Crippen LogP contribution is 2.15. The predicted molar refractivity (Wildman–Crippen MR) is 85.2 cm³/mol. The topological polar surface area (TPSA) is 52.9 Å². The van der Waals surface area contributed by atoms with Crippen molar-refractivity contribution >= 4 is 17.9 Å². The van der Waals surface area contributed by atoms with Crippen molar-refractivity contribution in [3.05, 3.63) is 65.2 Å². The standard InChI is InChI=1S/C17H18N2O2/c1-3-19(16-10-4-13(2)5-11-16)18-12-14-6-8-15(9-7-14)17(20)21/h4-12H,3H2,1-2H3,(H,20,21)/b18-12+. The van der Waals surface area contributed by atoms with Crippen molar-refractivity contribution in [1.82, 2.24) is 0 Å². The van der Waals surface area contributed by atoms with Crippen LogP contribution in [0.15, 0.2) is 53.6 Å². The van der Waals surface area contributed by atoms with Crippen LogP contribution in [0.3, 0.4) is 0 Å². The van der Waals surface area contributed by atoms with Crippen LogP contribution >= 0.6 is 0 Å². The third-order valence-electron chi connectivity index (χ3n) is 3.14. The first-order valence-corrected chi connectivity index (χ1v) is 6.81. The summed E-state index contributed by atoms with van der Waals surface area (Å²) in [6, 6.07) is 14.8. The zero-order valence-corrected chi connectivity index (χ0v) is 12.2. The highest BCUT2D eigenvalue weighted by atomic mass is 16.4. The van der Waals surface area contributed by atoms with Gasteiger partial charge in [-0.1, -0.05) is 29.8 Å². The second-order valence-electron chi connectivity index (χ2n) is 4.72. The number of hydrogen-bond acceptors (Lipinski definition) is 3. The minimum Gasteiger partial charge on any atom is -0.478 e. The third-order valence-corrected chi connectivity index (χ3v) is 3.14. The molecule has 0 atom stereocenters. The summed E-state index contributed by atoms with van der Waals surface area (Å²) >= 11 is 0. The number of nitrogens with zero attached hydrogens (tertiary/aromatic N) is 2. The van der Waals surface area contributed by atoms with E-state index in [1.807, 2.05) is 31.0 Å². The molecule has 21 heavy (non-hydrogen) atoms. The number of hydrazone groups is 1. The average molecular weight is 282 g/mol. The molecule has 0 bridgehead atoms. The molecule has 0 fully saturated rings. The average Bonchev–Trinajstić information content (AvgIpc) is 2.50. The van der Waals surface area contributed by atoms with Gasteiger partial charge in [0.15, 0.2) is 0 Å². The molecule has 0 aliphatic carbocycles. The molecule has 0 aliphatic rings. The molecule has 0 radical (unpaired) electrons. The molecule has 2 rings (SSSR count). The van der Waals surface area contributed by atoms with Gasteiger partial charge in [0.2, 0.25) is 0 Å². The van der Waals surface area contributed by atoms with E-state index in [0.717, 1.165) is 17.8 Å². The van der Waals surface area contributed by atoms with E-state index >= 15 is 0 Å². The Morgan fingerprint density at radius 3 is 2.29 bits per heavy atom. The van der Waals surface area contributed by atoms with Crippen LogP contribution in [0.25, 0.3) is 0 Å². The van der Waals surface area contributed by atoms with Crippen LogP contribution in [0.1, 0.15) is 28.4 Å². The highest BCUT2D eigenvalue weighted by molar-refractivity contribution is 5.89. The zero-order valence-electron chi connectivity index (χ0n) is 12.2. The lowest BCUT2D eigenvalue weighted by atomic mass is 10.1. The molecule has 4 nitrogen and oxygen atoms in total. The lowest BCUT2D eigenvalue weighted by Gasteiger charge is -2.16. The number of anilines is 1. The van der Waals surface area contributed by atoms with Crippen molar-refractivity contribution in [2.45, 2.75) is 13.8 Å². The minimum atomic E-state index is -0.923.